The van der Waals surface area contributed by atoms with E-state index in [4.69, 9.17) is 9.47 Å². The largest absolute Gasteiger partial charge is 0.449 e. The molecular formula is C16H25N3O4S. The fourth-order valence-electron chi connectivity index (χ4n) is 1.65. The van der Waals surface area contributed by atoms with Crippen LogP contribution in [0.25, 0.3) is 0 Å². The molecule has 0 aliphatic carbocycles. The fourth-order valence-corrected chi connectivity index (χ4v) is 2.14. The van der Waals surface area contributed by atoms with Crippen molar-refractivity contribution in [1.82, 2.24) is 10.0 Å². The Balaban J connectivity index is 2.35. The SMILES string of the molecule is CCOC(=O)NSCNc1cccc(CNC(=O)OC(C)(C)C)c1. The number of nitrogens with one attached hydrogen (secondary N) is 3. The van der Waals surface area contributed by atoms with Crippen LogP contribution in [0.5, 0.6) is 0 Å². The van der Waals surface area contributed by atoms with Crippen LogP contribution in [0.4, 0.5) is 15.3 Å². The van der Waals surface area contributed by atoms with E-state index < -0.39 is 17.8 Å². The van der Waals surface area contributed by atoms with Crippen LogP contribution in [-0.2, 0) is 16.0 Å². The Hall–Kier alpha value is -2.09. The van der Waals surface area contributed by atoms with Crippen molar-refractivity contribution < 1.29 is 19.1 Å². The van der Waals surface area contributed by atoms with Crippen molar-refractivity contribution in [2.45, 2.75) is 39.8 Å². The molecule has 0 atom stereocenters. The molecule has 134 valence electrons. The van der Waals surface area contributed by atoms with Gasteiger partial charge in [-0.2, -0.15) is 0 Å². The summed E-state index contributed by atoms with van der Waals surface area (Å²) in [4.78, 5) is 22.8. The van der Waals surface area contributed by atoms with Gasteiger partial charge < -0.3 is 20.1 Å². The molecule has 1 aromatic carbocycles. The van der Waals surface area contributed by atoms with E-state index in [0.717, 1.165) is 11.3 Å². The Morgan fingerprint density at radius 1 is 1.21 bits per heavy atom. The van der Waals surface area contributed by atoms with Crippen LogP contribution in [0.15, 0.2) is 24.3 Å². The molecule has 0 radical (unpaired) electrons. The first-order valence-corrected chi connectivity index (χ1v) is 8.63. The summed E-state index contributed by atoms with van der Waals surface area (Å²) >= 11 is 1.20. The second-order valence-electron chi connectivity index (χ2n) is 5.84. The molecule has 0 saturated heterocycles. The maximum Gasteiger partial charge on any atom is 0.417 e. The molecule has 0 aromatic heterocycles. The highest BCUT2D eigenvalue weighted by Gasteiger charge is 2.15. The van der Waals surface area contributed by atoms with Crippen molar-refractivity contribution in [2.75, 3.05) is 17.8 Å². The predicted octanol–water partition coefficient (Wildman–Crippen LogP) is 3.48. The lowest BCUT2D eigenvalue weighted by molar-refractivity contribution is 0.0523. The van der Waals surface area contributed by atoms with E-state index in [1.807, 2.05) is 45.0 Å². The van der Waals surface area contributed by atoms with Crippen LogP contribution in [0.2, 0.25) is 0 Å². The fraction of sp³-hybridized carbons (Fsp3) is 0.500. The van der Waals surface area contributed by atoms with Gasteiger partial charge in [0.05, 0.1) is 12.5 Å². The van der Waals surface area contributed by atoms with Gasteiger partial charge in [0, 0.05) is 12.2 Å². The molecule has 1 rings (SSSR count). The third kappa shape index (κ3) is 9.14. The average molecular weight is 355 g/mol. The van der Waals surface area contributed by atoms with Gasteiger partial charge in [-0.3, -0.25) is 4.72 Å². The van der Waals surface area contributed by atoms with Crippen LogP contribution in [0.3, 0.4) is 0 Å². The lowest BCUT2D eigenvalue weighted by Crippen LogP contribution is -2.32. The van der Waals surface area contributed by atoms with Gasteiger partial charge >= 0.3 is 12.2 Å². The summed E-state index contributed by atoms with van der Waals surface area (Å²) in [6.07, 6.45) is -0.908. The van der Waals surface area contributed by atoms with Crippen molar-refractivity contribution in [1.29, 1.82) is 0 Å². The second kappa shape index (κ2) is 9.92. The molecule has 0 heterocycles. The van der Waals surface area contributed by atoms with E-state index in [2.05, 4.69) is 15.4 Å². The number of benzene rings is 1. The molecular weight excluding hydrogens is 330 g/mol. The zero-order valence-electron chi connectivity index (χ0n) is 14.5. The van der Waals surface area contributed by atoms with Crippen molar-refractivity contribution in [3.05, 3.63) is 29.8 Å². The first kappa shape index (κ1) is 20.0. The van der Waals surface area contributed by atoms with Crippen LogP contribution in [0, 0.1) is 0 Å². The van der Waals surface area contributed by atoms with Crippen LogP contribution >= 0.6 is 11.9 Å². The van der Waals surface area contributed by atoms with Crippen molar-refractivity contribution in [2.24, 2.45) is 0 Å². The molecule has 2 amide bonds. The van der Waals surface area contributed by atoms with Gasteiger partial charge in [-0.1, -0.05) is 12.1 Å². The second-order valence-corrected chi connectivity index (χ2v) is 6.63. The van der Waals surface area contributed by atoms with E-state index in [1.165, 1.54) is 11.9 Å². The molecule has 0 unspecified atom stereocenters. The molecule has 0 spiro atoms. The topological polar surface area (TPSA) is 88.7 Å². The van der Waals surface area contributed by atoms with Gasteiger partial charge in [0.1, 0.15) is 5.60 Å². The highest BCUT2D eigenvalue weighted by atomic mass is 32.2. The number of rotatable bonds is 7. The number of hydrogen-bond acceptors (Lipinski definition) is 6. The number of ether oxygens (including phenoxy) is 2. The van der Waals surface area contributed by atoms with Gasteiger partial charge in [-0.05, 0) is 57.3 Å². The zero-order valence-corrected chi connectivity index (χ0v) is 15.3. The summed E-state index contributed by atoms with van der Waals surface area (Å²) in [5, 5.41) is 5.87. The van der Waals surface area contributed by atoms with Gasteiger partial charge in [0.25, 0.3) is 0 Å². The molecule has 24 heavy (non-hydrogen) atoms. The van der Waals surface area contributed by atoms with E-state index in [-0.39, 0.29) is 0 Å². The summed E-state index contributed by atoms with van der Waals surface area (Å²) in [6, 6.07) is 7.62. The van der Waals surface area contributed by atoms with Gasteiger partial charge in [-0.15, -0.1) is 0 Å². The number of amides is 2. The van der Waals surface area contributed by atoms with Crippen LogP contribution < -0.4 is 15.4 Å². The van der Waals surface area contributed by atoms with Crippen molar-refractivity contribution >= 4 is 29.8 Å². The summed E-state index contributed by atoms with van der Waals surface area (Å²) in [7, 11) is 0. The quantitative estimate of drug-likeness (QED) is 0.394. The number of anilines is 1. The third-order valence-electron chi connectivity index (χ3n) is 2.54. The summed E-state index contributed by atoms with van der Waals surface area (Å²) in [5.74, 6) is 0.488. The van der Waals surface area contributed by atoms with Crippen molar-refractivity contribution in [3.8, 4) is 0 Å². The van der Waals surface area contributed by atoms with E-state index >= 15 is 0 Å². The molecule has 3 N–H and O–H groups in total. The Morgan fingerprint density at radius 2 is 1.96 bits per heavy atom. The highest BCUT2D eigenvalue weighted by Crippen LogP contribution is 2.12. The molecule has 0 fully saturated rings. The summed E-state index contributed by atoms with van der Waals surface area (Å²) < 4.78 is 12.5. The average Bonchev–Trinajstić information content (AvgIpc) is 2.49. The van der Waals surface area contributed by atoms with Crippen molar-refractivity contribution in [3.63, 3.8) is 0 Å². The first-order chi connectivity index (χ1) is 11.3. The Kier molecular flexibility index (Phi) is 8.25. The normalized spacial score (nSPS) is 10.7. The molecule has 8 heteroatoms. The molecule has 0 bridgehead atoms. The number of hydrogen-bond donors (Lipinski definition) is 3. The van der Waals surface area contributed by atoms with E-state index in [1.54, 1.807) is 6.92 Å². The minimum absolute atomic E-state index is 0.340. The van der Waals surface area contributed by atoms with Crippen LogP contribution in [-0.4, -0.2) is 30.3 Å². The monoisotopic (exact) mass is 355 g/mol. The standard InChI is InChI=1S/C16H25N3O4S/c1-5-22-15(21)19-24-11-18-13-8-6-7-12(9-13)10-17-14(20)23-16(2,3)4/h6-9,18H,5,10-11H2,1-4H3,(H,17,20)(H,19,21). The minimum Gasteiger partial charge on any atom is -0.449 e. The number of carbonyl (C=O) groups is 2. The molecule has 0 aliphatic rings. The lowest BCUT2D eigenvalue weighted by Gasteiger charge is -2.19. The number of carbonyl (C=O) groups excluding carboxylic acids is 2. The summed E-state index contributed by atoms with van der Waals surface area (Å²) in [6.45, 7) is 7.92. The molecule has 1 aromatic rings. The van der Waals surface area contributed by atoms with Gasteiger partial charge in [-0.25, -0.2) is 9.59 Å². The summed E-state index contributed by atoms with van der Waals surface area (Å²) in [5.41, 5.74) is 1.31. The predicted molar refractivity (Wildman–Crippen MR) is 95.8 cm³/mol. The maximum atomic E-state index is 11.6. The highest BCUT2D eigenvalue weighted by molar-refractivity contribution is 7.97. The Morgan fingerprint density at radius 3 is 2.62 bits per heavy atom. The Labute approximate surface area is 147 Å². The minimum atomic E-state index is -0.517. The van der Waals surface area contributed by atoms with Gasteiger partial charge in [0.15, 0.2) is 0 Å². The third-order valence-corrected chi connectivity index (χ3v) is 3.14. The van der Waals surface area contributed by atoms with Crippen LogP contribution in [0.1, 0.15) is 33.3 Å². The molecule has 7 nitrogen and oxygen atoms in total. The van der Waals surface area contributed by atoms with E-state index in [9.17, 15) is 9.59 Å². The lowest BCUT2D eigenvalue weighted by atomic mass is 10.2. The molecule has 0 aliphatic heterocycles. The Bertz CT molecular complexity index is 546. The van der Waals surface area contributed by atoms with E-state index in [0.29, 0.717) is 19.0 Å². The molecule has 0 saturated carbocycles. The zero-order chi connectivity index (χ0) is 18.0. The first-order valence-electron chi connectivity index (χ1n) is 7.64. The number of alkyl carbamates (subject to hydrolysis) is 1. The smallest absolute Gasteiger partial charge is 0.417 e. The van der Waals surface area contributed by atoms with Gasteiger partial charge in [0.2, 0.25) is 0 Å². The maximum absolute atomic E-state index is 11.6.